The summed E-state index contributed by atoms with van der Waals surface area (Å²) in [6.45, 7) is 0. The van der Waals surface area contributed by atoms with Gasteiger partial charge in [0, 0.05) is 7.05 Å². The zero-order valence-electron chi connectivity index (χ0n) is 8.19. The Morgan fingerprint density at radius 2 is 2.33 bits per heavy atom. The van der Waals surface area contributed by atoms with E-state index in [-0.39, 0.29) is 0 Å². The molecule has 0 atom stereocenters. The van der Waals surface area contributed by atoms with Crippen molar-refractivity contribution in [2.24, 2.45) is 0 Å². The molecule has 1 aromatic rings. The number of carbonyl (C=O) groups is 1. The third-order valence-electron chi connectivity index (χ3n) is 1.55. The molecule has 0 fully saturated rings. The summed E-state index contributed by atoms with van der Waals surface area (Å²) in [6, 6.07) is 9.12. The molecule has 0 spiro atoms. The van der Waals surface area contributed by atoms with Gasteiger partial charge in [-0.25, -0.2) is 4.79 Å². The summed E-state index contributed by atoms with van der Waals surface area (Å²) >= 11 is 1.33. The number of para-hydroxylation sites is 1. The van der Waals surface area contributed by atoms with Crippen molar-refractivity contribution in [3.63, 3.8) is 0 Å². The Labute approximate surface area is 92.2 Å². The van der Waals surface area contributed by atoms with Gasteiger partial charge in [-0.1, -0.05) is 12.1 Å². The summed E-state index contributed by atoms with van der Waals surface area (Å²) in [7, 11) is 1.49. The van der Waals surface area contributed by atoms with E-state index < -0.39 is 6.09 Å². The smallest absolute Gasteiger partial charge is 0.409 e. The van der Waals surface area contributed by atoms with Crippen molar-refractivity contribution < 1.29 is 9.53 Å². The molecule has 0 saturated heterocycles. The van der Waals surface area contributed by atoms with Gasteiger partial charge in [0.15, 0.2) is 0 Å². The first-order valence-electron chi connectivity index (χ1n) is 4.26. The van der Waals surface area contributed by atoms with Crippen LogP contribution in [0.2, 0.25) is 0 Å². The molecule has 0 heterocycles. The average molecular weight is 222 g/mol. The molecule has 0 saturated carbocycles. The van der Waals surface area contributed by atoms with E-state index in [0.29, 0.717) is 11.5 Å². The summed E-state index contributed by atoms with van der Waals surface area (Å²) in [5.41, 5.74) is 0. The number of carbonyl (C=O) groups excluding carboxylic acids is 1. The quantitative estimate of drug-likeness (QED) is 0.795. The van der Waals surface area contributed by atoms with E-state index in [4.69, 9.17) is 10.00 Å². The van der Waals surface area contributed by atoms with E-state index in [0.717, 1.165) is 4.90 Å². The van der Waals surface area contributed by atoms with Crippen LogP contribution < -0.4 is 10.1 Å². The van der Waals surface area contributed by atoms with E-state index in [2.05, 4.69) is 5.32 Å². The SMILES string of the molecule is CNC(=O)Oc1ccccc1SCC#N. The minimum absolute atomic E-state index is 0.327. The van der Waals surface area contributed by atoms with E-state index in [1.54, 1.807) is 18.2 Å². The fourth-order valence-electron chi connectivity index (χ4n) is 0.915. The van der Waals surface area contributed by atoms with Crippen LogP contribution in [0.15, 0.2) is 29.2 Å². The molecular weight excluding hydrogens is 212 g/mol. The molecule has 1 aromatic carbocycles. The number of thioether (sulfide) groups is 1. The Hall–Kier alpha value is -1.67. The number of hydrogen-bond acceptors (Lipinski definition) is 4. The Morgan fingerprint density at radius 3 is 3.00 bits per heavy atom. The minimum atomic E-state index is -0.514. The first kappa shape index (κ1) is 11.4. The average Bonchev–Trinajstić information content (AvgIpc) is 2.28. The van der Waals surface area contributed by atoms with Gasteiger partial charge in [-0.2, -0.15) is 5.26 Å². The van der Waals surface area contributed by atoms with Gasteiger partial charge < -0.3 is 10.1 Å². The summed E-state index contributed by atoms with van der Waals surface area (Å²) in [6.07, 6.45) is -0.514. The summed E-state index contributed by atoms with van der Waals surface area (Å²) in [5.74, 6) is 0.797. The molecule has 0 aliphatic heterocycles. The van der Waals surface area contributed by atoms with E-state index in [1.165, 1.54) is 18.8 Å². The monoisotopic (exact) mass is 222 g/mol. The molecule has 0 aliphatic carbocycles. The van der Waals surface area contributed by atoms with E-state index in [9.17, 15) is 4.79 Å². The zero-order chi connectivity index (χ0) is 11.1. The number of amides is 1. The van der Waals surface area contributed by atoms with Crippen LogP contribution in [0.25, 0.3) is 0 Å². The largest absolute Gasteiger partial charge is 0.412 e. The van der Waals surface area contributed by atoms with Crippen molar-refractivity contribution in [1.82, 2.24) is 5.32 Å². The maximum atomic E-state index is 11.0. The van der Waals surface area contributed by atoms with Gasteiger partial charge >= 0.3 is 6.09 Å². The van der Waals surface area contributed by atoms with Crippen LogP contribution in [0.3, 0.4) is 0 Å². The van der Waals surface area contributed by atoms with Gasteiger partial charge in [-0.3, -0.25) is 0 Å². The van der Waals surface area contributed by atoms with Crippen molar-refractivity contribution in [1.29, 1.82) is 5.26 Å². The lowest BCUT2D eigenvalue weighted by atomic mass is 10.3. The predicted molar refractivity (Wildman–Crippen MR) is 57.9 cm³/mol. The normalized spacial score (nSPS) is 9.07. The maximum absolute atomic E-state index is 11.0. The zero-order valence-corrected chi connectivity index (χ0v) is 9.00. The van der Waals surface area contributed by atoms with Crippen LogP contribution in [0.4, 0.5) is 4.79 Å². The fraction of sp³-hybridized carbons (Fsp3) is 0.200. The van der Waals surface area contributed by atoms with Gasteiger partial charge in [0.25, 0.3) is 0 Å². The molecule has 15 heavy (non-hydrogen) atoms. The lowest BCUT2D eigenvalue weighted by Gasteiger charge is -2.07. The number of nitrogens with one attached hydrogen (secondary N) is 1. The van der Waals surface area contributed by atoms with Crippen LogP contribution in [0.1, 0.15) is 0 Å². The van der Waals surface area contributed by atoms with Crippen LogP contribution in [-0.2, 0) is 0 Å². The molecule has 1 rings (SSSR count). The number of ether oxygens (including phenoxy) is 1. The van der Waals surface area contributed by atoms with Crippen molar-refractivity contribution in [3.8, 4) is 11.8 Å². The van der Waals surface area contributed by atoms with Crippen LogP contribution >= 0.6 is 11.8 Å². The highest BCUT2D eigenvalue weighted by Crippen LogP contribution is 2.28. The highest BCUT2D eigenvalue weighted by atomic mass is 32.2. The number of rotatable bonds is 3. The molecule has 0 aliphatic rings. The second-order valence-corrected chi connectivity index (χ2v) is 3.55. The number of nitrogens with zero attached hydrogens (tertiary/aromatic N) is 1. The van der Waals surface area contributed by atoms with Gasteiger partial charge in [-0.15, -0.1) is 11.8 Å². The molecule has 0 radical (unpaired) electrons. The lowest BCUT2D eigenvalue weighted by molar-refractivity contribution is 0.202. The molecule has 78 valence electrons. The number of benzene rings is 1. The Balaban J connectivity index is 2.77. The molecule has 1 amide bonds. The van der Waals surface area contributed by atoms with Crippen LogP contribution in [0.5, 0.6) is 5.75 Å². The molecule has 4 nitrogen and oxygen atoms in total. The number of nitriles is 1. The van der Waals surface area contributed by atoms with Crippen molar-refractivity contribution in [2.75, 3.05) is 12.8 Å². The van der Waals surface area contributed by atoms with E-state index >= 15 is 0 Å². The van der Waals surface area contributed by atoms with Gasteiger partial charge in [-0.05, 0) is 12.1 Å². The van der Waals surface area contributed by atoms with E-state index in [1.807, 2.05) is 12.1 Å². The van der Waals surface area contributed by atoms with Gasteiger partial charge in [0.05, 0.1) is 16.7 Å². The molecule has 0 aromatic heterocycles. The molecular formula is C10H10N2O2S. The highest BCUT2D eigenvalue weighted by Gasteiger charge is 2.06. The Morgan fingerprint density at radius 1 is 1.60 bits per heavy atom. The maximum Gasteiger partial charge on any atom is 0.412 e. The van der Waals surface area contributed by atoms with Crippen LogP contribution in [0, 0.1) is 11.3 Å². The third kappa shape index (κ3) is 3.52. The second-order valence-electron chi connectivity index (χ2n) is 2.53. The standard InChI is InChI=1S/C10H10N2O2S/c1-12-10(13)14-8-4-2-3-5-9(8)15-7-6-11/h2-5H,7H2,1H3,(H,12,13). The first-order valence-corrected chi connectivity index (χ1v) is 5.25. The Kier molecular flexibility index (Phi) is 4.51. The molecule has 5 heteroatoms. The van der Waals surface area contributed by atoms with Gasteiger partial charge in [0.1, 0.15) is 5.75 Å². The third-order valence-corrected chi connectivity index (χ3v) is 2.47. The van der Waals surface area contributed by atoms with Gasteiger partial charge in [0.2, 0.25) is 0 Å². The van der Waals surface area contributed by atoms with Crippen molar-refractivity contribution >= 4 is 17.9 Å². The predicted octanol–water partition coefficient (Wildman–Crippen LogP) is 2.02. The summed E-state index contributed by atoms with van der Waals surface area (Å²) in [5, 5.41) is 10.8. The molecule has 1 N–H and O–H groups in total. The lowest BCUT2D eigenvalue weighted by Crippen LogP contribution is -2.22. The highest BCUT2D eigenvalue weighted by molar-refractivity contribution is 7.99. The fourth-order valence-corrected chi connectivity index (χ4v) is 1.56. The minimum Gasteiger partial charge on any atom is -0.409 e. The van der Waals surface area contributed by atoms with Crippen molar-refractivity contribution in [3.05, 3.63) is 24.3 Å². The topological polar surface area (TPSA) is 62.1 Å². The molecule has 0 bridgehead atoms. The summed E-state index contributed by atoms with van der Waals surface area (Å²) < 4.78 is 5.01. The van der Waals surface area contributed by atoms with Crippen LogP contribution in [-0.4, -0.2) is 18.9 Å². The second kappa shape index (κ2) is 5.94. The Bertz CT molecular complexity index is 387. The number of hydrogen-bond donors (Lipinski definition) is 1. The first-order chi connectivity index (χ1) is 7.27. The molecule has 0 unspecified atom stereocenters. The van der Waals surface area contributed by atoms with Crippen molar-refractivity contribution in [2.45, 2.75) is 4.90 Å². The summed E-state index contributed by atoms with van der Waals surface area (Å²) in [4.78, 5) is 11.8.